The van der Waals surface area contributed by atoms with Crippen molar-refractivity contribution < 1.29 is 42.9 Å². The maximum absolute atomic E-state index is 12.8. The third kappa shape index (κ3) is 12.4. The normalized spacial score (nSPS) is 10.4. The minimum absolute atomic E-state index is 0.0447. The Labute approximate surface area is 269 Å². The SMILES string of the molecule is C=CC(=O)OCCCCOc1ccc(-c2ccc(C(=O)CCc3ccc(OCCCOC(=O)C(=C)CC(=O)OC)cc3)cc2)cc1. The fraction of sp³-hybridized carbons (Fsp3) is 0.297. The maximum atomic E-state index is 12.8. The first-order valence-corrected chi connectivity index (χ1v) is 15.1. The molecule has 3 rings (SSSR count). The van der Waals surface area contributed by atoms with Crippen molar-refractivity contribution in [1.82, 2.24) is 0 Å². The average Bonchev–Trinajstić information content (AvgIpc) is 3.09. The van der Waals surface area contributed by atoms with Gasteiger partial charge in [-0.15, -0.1) is 0 Å². The van der Waals surface area contributed by atoms with Crippen LogP contribution in [0, 0.1) is 0 Å². The number of benzene rings is 3. The van der Waals surface area contributed by atoms with Gasteiger partial charge in [0.1, 0.15) is 11.5 Å². The lowest BCUT2D eigenvalue weighted by Crippen LogP contribution is -2.13. The number of hydrogen-bond donors (Lipinski definition) is 0. The summed E-state index contributed by atoms with van der Waals surface area (Å²) in [6, 6.07) is 22.9. The van der Waals surface area contributed by atoms with Crippen LogP contribution >= 0.6 is 0 Å². The third-order valence-electron chi connectivity index (χ3n) is 6.84. The van der Waals surface area contributed by atoms with Crippen molar-refractivity contribution >= 4 is 23.7 Å². The Hall–Kier alpha value is -5.18. The van der Waals surface area contributed by atoms with Gasteiger partial charge in [-0.05, 0) is 60.2 Å². The Balaban J connectivity index is 1.34. The van der Waals surface area contributed by atoms with Gasteiger partial charge in [0.15, 0.2) is 5.78 Å². The molecule has 3 aromatic rings. The molecule has 0 spiro atoms. The molecule has 0 aliphatic rings. The summed E-state index contributed by atoms with van der Waals surface area (Å²) in [5.41, 5.74) is 3.76. The molecular formula is C37H40O9. The van der Waals surface area contributed by atoms with E-state index in [0.29, 0.717) is 56.8 Å². The number of ketones is 1. The second-order valence-corrected chi connectivity index (χ2v) is 10.3. The summed E-state index contributed by atoms with van der Waals surface area (Å²) >= 11 is 0. The van der Waals surface area contributed by atoms with Gasteiger partial charge in [0.2, 0.25) is 0 Å². The van der Waals surface area contributed by atoms with Crippen LogP contribution in [0.1, 0.15) is 48.0 Å². The predicted molar refractivity (Wildman–Crippen MR) is 174 cm³/mol. The number of Topliss-reactive ketones (excluding diaryl/α,β-unsaturated/α-hetero) is 1. The summed E-state index contributed by atoms with van der Waals surface area (Å²) in [5, 5.41) is 0. The highest BCUT2D eigenvalue weighted by Gasteiger charge is 2.13. The fourth-order valence-electron chi connectivity index (χ4n) is 4.21. The molecule has 9 nitrogen and oxygen atoms in total. The van der Waals surface area contributed by atoms with E-state index < -0.39 is 17.9 Å². The van der Waals surface area contributed by atoms with Crippen LogP contribution in [0.3, 0.4) is 0 Å². The van der Waals surface area contributed by atoms with Crippen LogP contribution < -0.4 is 9.47 Å². The summed E-state index contributed by atoms with van der Waals surface area (Å²) in [6.45, 7) is 8.26. The number of carbonyl (C=O) groups excluding carboxylic acids is 4. The molecule has 0 aliphatic heterocycles. The van der Waals surface area contributed by atoms with Crippen LogP contribution in [-0.2, 0) is 35.0 Å². The minimum Gasteiger partial charge on any atom is -0.494 e. The van der Waals surface area contributed by atoms with Gasteiger partial charge in [-0.1, -0.05) is 61.7 Å². The zero-order chi connectivity index (χ0) is 33.1. The molecule has 0 heterocycles. The predicted octanol–water partition coefficient (Wildman–Crippen LogP) is 6.49. The van der Waals surface area contributed by atoms with Crippen molar-refractivity contribution in [2.75, 3.05) is 33.5 Å². The molecule has 0 atom stereocenters. The van der Waals surface area contributed by atoms with Crippen LogP contribution in [0.25, 0.3) is 11.1 Å². The van der Waals surface area contributed by atoms with Crippen molar-refractivity contribution in [3.63, 3.8) is 0 Å². The molecule has 0 radical (unpaired) electrons. The van der Waals surface area contributed by atoms with Gasteiger partial charge in [0.25, 0.3) is 0 Å². The molecule has 0 amide bonds. The molecule has 9 heteroatoms. The monoisotopic (exact) mass is 628 g/mol. The molecule has 46 heavy (non-hydrogen) atoms. The topological polar surface area (TPSA) is 114 Å². The molecule has 0 saturated heterocycles. The number of hydrogen-bond acceptors (Lipinski definition) is 9. The molecule has 0 unspecified atom stereocenters. The second-order valence-electron chi connectivity index (χ2n) is 10.3. The molecule has 0 saturated carbocycles. The molecule has 0 aromatic heterocycles. The van der Waals surface area contributed by atoms with Gasteiger partial charge in [-0.2, -0.15) is 0 Å². The van der Waals surface area contributed by atoms with Crippen LogP contribution in [-0.4, -0.2) is 57.2 Å². The van der Waals surface area contributed by atoms with E-state index >= 15 is 0 Å². The first-order chi connectivity index (χ1) is 22.3. The number of aryl methyl sites for hydroxylation is 1. The molecule has 242 valence electrons. The molecule has 3 aromatic carbocycles. The molecular weight excluding hydrogens is 588 g/mol. The number of esters is 3. The van der Waals surface area contributed by atoms with Crippen LogP contribution in [0.2, 0.25) is 0 Å². The zero-order valence-electron chi connectivity index (χ0n) is 26.2. The van der Waals surface area contributed by atoms with Crippen molar-refractivity contribution in [2.45, 2.75) is 38.5 Å². The zero-order valence-corrected chi connectivity index (χ0v) is 26.2. The largest absolute Gasteiger partial charge is 0.494 e. The number of rotatable bonds is 20. The maximum Gasteiger partial charge on any atom is 0.333 e. The lowest BCUT2D eigenvalue weighted by Gasteiger charge is -2.09. The fourth-order valence-corrected chi connectivity index (χ4v) is 4.21. The molecule has 0 aliphatic carbocycles. The summed E-state index contributed by atoms with van der Waals surface area (Å²) in [5.74, 6) is -0.0885. The van der Waals surface area contributed by atoms with E-state index in [-0.39, 0.29) is 24.4 Å². The van der Waals surface area contributed by atoms with Crippen LogP contribution in [0.15, 0.2) is 97.6 Å². The Morgan fingerprint density at radius 2 is 1.24 bits per heavy atom. The van der Waals surface area contributed by atoms with E-state index in [2.05, 4.69) is 17.9 Å². The highest BCUT2D eigenvalue weighted by Crippen LogP contribution is 2.24. The summed E-state index contributed by atoms with van der Waals surface area (Å²) < 4.78 is 26.0. The van der Waals surface area contributed by atoms with E-state index in [1.165, 1.54) is 7.11 Å². The first kappa shape index (κ1) is 35.3. The van der Waals surface area contributed by atoms with Gasteiger partial charge < -0.3 is 23.7 Å². The lowest BCUT2D eigenvalue weighted by atomic mass is 9.99. The Morgan fingerprint density at radius 1 is 0.696 bits per heavy atom. The van der Waals surface area contributed by atoms with E-state index in [4.69, 9.17) is 18.9 Å². The van der Waals surface area contributed by atoms with Gasteiger partial charge in [-0.3, -0.25) is 9.59 Å². The third-order valence-corrected chi connectivity index (χ3v) is 6.84. The van der Waals surface area contributed by atoms with Crippen molar-refractivity contribution in [2.24, 2.45) is 0 Å². The van der Waals surface area contributed by atoms with E-state index in [1.807, 2.05) is 72.8 Å². The molecule has 0 bridgehead atoms. The summed E-state index contributed by atoms with van der Waals surface area (Å²) in [6.07, 6.45) is 3.90. The van der Waals surface area contributed by atoms with Gasteiger partial charge in [-0.25, -0.2) is 9.59 Å². The van der Waals surface area contributed by atoms with Crippen molar-refractivity contribution in [3.8, 4) is 22.6 Å². The molecule has 0 N–H and O–H groups in total. The first-order valence-electron chi connectivity index (χ1n) is 15.1. The van der Waals surface area contributed by atoms with Crippen molar-refractivity contribution in [1.29, 1.82) is 0 Å². The average molecular weight is 629 g/mol. The van der Waals surface area contributed by atoms with Crippen LogP contribution in [0.4, 0.5) is 0 Å². The summed E-state index contributed by atoms with van der Waals surface area (Å²) in [4.78, 5) is 46.9. The highest BCUT2D eigenvalue weighted by atomic mass is 16.5. The number of methoxy groups -OCH3 is 1. The lowest BCUT2D eigenvalue weighted by molar-refractivity contribution is -0.144. The highest BCUT2D eigenvalue weighted by molar-refractivity contribution is 5.96. The van der Waals surface area contributed by atoms with Gasteiger partial charge >= 0.3 is 17.9 Å². The standard InChI is InChI=1S/C37H40O9/c1-4-35(39)45-23-6-5-22-43-33-19-15-30(16-20-33)29-11-13-31(14-12-29)34(38)21-10-28-8-17-32(18-9-28)44-24-7-25-46-37(41)27(2)26-36(40)42-3/h4,8-9,11-20H,1-2,5-7,10,21-26H2,3H3. The van der Waals surface area contributed by atoms with E-state index in [1.54, 1.807) is 0 Å². The Morgan fingerprint density at radius 3 is 1.85 bits per heavy atom. The number of ether oxygens (including phenoxy) is 5. The van der Waals surface area contributed by atoms with E-state index in [9.17, 15) is 19.2 Å². The summed E-state index contributed by atoms with van der Waals surface area (Å²) in [7, 11) is 1.24. The number of carbonyl (C=O) groups is 4. The quantitative estimate of drug-likeness (QED) is 0.0455. The smallest absolute Gasteiger partial charge is 0.333 e. The van der Waals surface area contributed by atoms with Gasteiger partial charge in [0, 0.05) is 30.1 Å². The second kappa shape index (κ2) is 19.3. The minimum atomic E-state index is -0.632. The Bertz CT molecular complexity index is 1460. The van der Waals surface area contributed by atoms with Gasteiger partial charge in [0.05, 0.1) is 40.0 Å². The number of unbranched alkanes of at least 4 members (excludes halogenated alkanes) is 1. The van der Waals surface area contributed by atoms with Crippen molar-refractivity contribution in [3.05, 3.63) is 109 Å². The molecule has 0 fully saturated rings. The van der Waals surface area contributed by atoms with Crippen LogP contribution in [0.5, 0.6) is 11.5 Å². The Kier molecular flexibility index (Phi) is 14.8. The van der Waals surface area contributed by atoms with E-state index in [0.717, 1.165) is 34.9 Å².